The molecule has 1 aromatic heterocycles. The summed E-state index contributed by atoms with van der Waals surface area (Å²) in [5.74, 6) is 0. The van der Waals surface area contributed by atoms with E-state index < -0.39 is 0 Å². The number of rotatable bonds is 4. The molecule has 0 atom stereocenters. The molecule has 0 N–H and O–H groups in total. The van der Waals surface area contributed by atoms with Crippen LogP contribution in [0, 0.1) is 0 Å². The van der Waals surface area contributed by atoms with E-state index in [9.17, 15) is 0 Å². The second-order valence-corrected chi connectivity index (χ2v) is 11.6. The van der Waals surface area contributed by atoms with Crippen LogP contribution in [0.3, 0.4) is 0 Å². The highest BCUT2D eigenvalue weighted by Gasteiger charge is 2.16. The Balaban J connectivity index is 1.27. The summed E-state index contributed by atoms with van der Waals surface area (Å²) in [4.78, 5) is 5.10. The molecule has 9 rings (SSSR count). The number of benzene rings is 8. The summed E-state index contributed by atoms with van der Waals surface area (Å²) in [6, 6.07) is 59.2. The van der Waals surface area contributed by atoms with Crippen LogP contribution in [-0.4, -0.2) is 4.98 Å². The number of aromatic nitrogens is 1. The molecule has 8 aromatic carbocycles. The Morgan fingerprint density at radius 3 is 1.57 bits per heavy atom. The monoisotopic (exact) mass is 557 g/mol. The molecule has 0 radical (unpaired) electrons. The fourth-order valence-corrected chi connectivity index (χ4v) is 6.89. The summed E-state index contributed by atoms with van der Waals surface area (Å²) in [6.45, 7) is 0. The highest BCUT2D eigenvalue weighted by Crippen LogP contribution is 2.42. The van der Waals surface area contributed by atoms with Crippen LogP contribution in [0.1, 0.15) is 0 Å². The zero-order valence-electron chi connectivity index (χ0n) is 24.0. The fraction of sp³-hybridized carbons (Fsp3) is 0. The second-order valence-electron chi connectivity index (χ2n) is 11.6. The molecule has 0 spiro atoms. The lowest BCUT2D eigenvalue weighted by atomic mass is 9.87. The van der Waals surface area contributed by atoms with Gasteiger partial charge in [-0.25, -0.2) is 4.98 Å². The van der Waals surface area contributed by atoms with E-state index in [0.717, 1.165) is 22.5 Å². The second kappa shape index (κ2) is 9.90. The van der Waals surface area contributed by atoms with Crippen molar-refractivity contribution in [3.63, 3.8) is 0 Å². The van der Waals surface area contributed by atoms with Crippen molar-refractivity contribution < 1.29 is 0 Å². The van der Waals surface area contributed by atoms with E-state index in [1.54, 1.807) is 0 Å². The Bertz CT molecular complexity index is 2390. The molecule has 0 fully saturated rings. The molecule has 0 amide bonds. The molecule has 0 unspecified atom stereocenters. The lowest BCUT2D eigenvalue weighted by Crippen LogP contribution is -1.92. The van der Waals surface area contributed by atoms with Crippen molar-refractivity contribution in [2.75, 3.05) is 0 Å². The Morgan fingerprint density at radius 2 is 0.841 bits per heavy atom. The van der Waals surface area contributed by atoms with E-state index in [2.05, 4.69) is 164 Å². The van der Waals surface area contributed by atoms with E-state index in [4.69, 9.17) is 4.98 Å². The van der Waals surface area contributed by atoms with Crippen molar-refractivity contribution in [1.29, 1.82) is 0 Å². The standard InChI is InChI=1S/C43H27N/c1-3-11-29(12-4-1)40-26-35(27-41(44-40)30-13-5-2-6-14-30)34-24-32-19-18-31-20-22-38(39-23-21-33(25-34)42(32)43(31)39)37-17-9-15-28-10-7-8-16-36(28)37/h1-27H. The molecule has 44 heavy (non-hydrogen) atoms. The fourth-order valence-electron chi connectivity index (χ4n) is 6.89. The predicted octanol–water partition coefficient (Wildman–Crippen LogP) is 11.8. The molecule has 0 saturated heterocycles. The molecular formula is C43H27N. The van der Waals surface area contributed by atoms with Crippen molar-refractivity contribution >= 4 is 43.1 Å². The maximum Gasteiger partial charge on any atom is 0.0715 e. The minimum Gasteiger partial charge on any atom is -0.248 e. The quantitative estimate of drug-likeness (QED) is 0.196. The Morgan fingerprint density at radius 1 is 0.295 bits per heavy atom. The summed E-state index contributed by atoms with van der Waals surface area (Å²) < 4.78 is 0. The van der Waals surface area contributed by atoms with Gasteiger partial charge in [-0.2, -0.15) is 0 Å². The smallest absolute Gasteiger partial charge is 0.0715 e. The van der Waals surface area contributed by atoms with E-state index in [1.165, 1.54) is 65.3 Å². The van der Waals surface area contributed by atoms with Gasteiger partial charge in [0.15, 0.2) is 0 Å². The maximum atomic E-state index is 5.10. The summed E-state index contributed by atoms with van der Waals surface area (Å²) in [5, 5.41) is 10.3. The average molecular weight is 558 g/mol. The van der Waals surface area contributed by atoms with Gasteiger partial charge in [-0.05, 0) is 89.6 Å². The molecule has 0 bridgehead atoms. The summed E-state index contributed by atoms with van der Waals surface area (Å²) in [6.07, 6.45) is 0. The van der Waals surface area contributed by atoms with Crippen LogP contribution < -0.4 is 0 Å². The van der Waals surface area contributed by atoms with Gasteiger partial charge in [0.25, 0.3) is 0 Å². The maximum absolute atomic E-state index is 5.10. The van der Waals surface area contributed by atoms with Gasteiger partial charge < -0.3 is 0 Å². The van der Waals surface area contributed by atoms with Gasteiger partial charge >= 0.3 is 0 Å². The first-order valence-electron chi connectivity index (χ1n) is 15.1. The average Bonchev–Trinajstić information content (AvgIpc) is 3.10. The van der Waals surface area contributed by atoms with Gasteiger partial charge in [-0.1, -0.05) is 140 Å². The molecule has 204 valence electrons. The van der Waals surface area contributed by atoms with Crippen LogP contribution in [0.5, 0.6) is 0 Å². The van der Waals surface area contributed by atoms with Crippen LogP contribution in [-0.2, 0) is 0 Å². The van der Waals surface area contributed by atoms with E-state index in [1.807, 2.05) is 0 Å². The number of pyridine rings is 1. The Kier molecular flexibility index (Phi) is 5.57. The first-order chi connectivity index (χ1) is 21.8. The third-order valence-corrected chi connectivity index (χ3v) is 8.98. The van der Waals surface area contributed by atoms with Crippen LogP contribution in [0.4, 0.5) is 0 Å². The predicted molar refractivity (Wildman–Crippen MR) is 187 cm³/mol. The molecule has 0 aliphatic rings. The van der Waals surface area contributed by atoms with Crippen LogP contribution in [0.15, 0.2) is 164 Å². The van der Waals surface area contributed by atoms with Crippen molar-refractivity contribution in [3.8, 4) is 44.8 Å². The van der Waals surface area contributed by atoms with Gasteiger partial charge in [0, 0.05) is 11.1 Å². The van der Waals surface area contributed by atoms with Gasteiger partial charge in [0.1, 0.15) is 0 Å². The lowest BCUT2D eigenvalue weighted by molar-refractivity contribution is 1.32. The van der Waals surface area contributed by atoms with Gasteiger partial charge in [0.2, 0.25) is 0 Å². The van der Waals surface area contributed by atoms with E-state index in [-0.39, 0.29) is 0 Å². The SMILES string of the molecule is c1ccc(-c2cc(-c3cc4ccc5ccc(-c6cccc7ccccc67)c6ccc(c3)c4c56)cc(-c3ccccc3)n2)cc1. The van der Waals surface area contributed by atoms with Crippen LogP contribution in [0.2, 0.25) is 0 Å². The third-order valence-electron chi connectivity index (χ3n) is 8.98. The molecule has 9 aromatic rings. The number of fused-ring (bicyclic) bond motifs is 1. The zero-order chi connectivity index (χ0) is 29.0. The third kappa shape index (κ3) is 3.98. The summed E-state index contributed by atoms with van der Waals surface area (Å²) in [7, 11) is 0. The topological polar surface area (TPSA) is 12.9 Å². The van der Waals surface area contributed by atoms with Crippen molar-refractivity contribution in [2.24, 2.45) is 0 Å². The Hall–Kier alpha value is -5.79. The van der Waals surface area contributed by atoms with Crippen LogP contribution in [0.25, 0.3) is 87.9 Å². The first kappa shape index (κ1) is 24.8. The van der Waals surface area contributed by atoms with Gasteiger partial charge in [-0.15, -0.1) is 0 Å². The highest BCUT2D eigenvalue weighted by molar-refractivity contribution is 6.26. The van der Waals surface area contributed by atoms with Crippen molar-refractivity contribution in [3.05, 3.63) is 164 Å². The normalized spacial score (nSPS) is 11.6. The molecule has 1 heteroatoms. The zero-order valence-corrected chi connectivity index (χ0v) is 24.0. The summed E-state index contributed by atoms with van der Waals surface area (Å²) >= 11 is 0. The molecule has 1 nitrogen and oxygen atoms in total. The molecule has 0 saturated carbocycles. The number of nitrogens with zero attached hydrogens (tertiary/aromatic N) is 1. The van der Waals surface area contributed by atoms with Gasteiger partial charge in [-0.3, -0.25) is 0 Å². The highest BCUT2D eigenvalue weighted by atomic mass is 14.7. The van der Waals surface area contributed by atoms with E-state index >= 15 is 0 Å². The van der Waals surface area contributed by atoms with Crippen molar-refractivity contribution in [1.82, 2.24) is 4.98 Å². The van der Waals surface area contributed by atoms with Crippen molar-refractivity contribution in [2.45, 2.75) is 0 Å². The largest absolute Gasteiger partial charge is 0.248 e. The minimum atomic E-state index is 0.978. The lowest BCUT2D eigenvalue weighted by Gasteiger charge is -2.17. The van der Waals surface area contributed by atoms with Crippen LogP contribution >= 0.6 is 0 Å². The molecule has 1 heterocycles. The Labute approximate surface area is 256 Å². The number of hydrogen-bond donors (Lipinski definition) is 0. The number of hydrogen-bond acceptors (Lipinski definition) is 1. The van der Waals surface area contributed by atoms with Gasteiger partial charge in [0.05, 0.1) is 11.4 Å². The molecule has 0 aliphatic carbocycles. The molecule has 0 aliphatic heterocycles. The van der Waals surface area contributed by atoms with E-state index in [0.29, 0.717) is 0 Å². The summed E-state index contributed by atoms with van der Waals surface area (Å²) in [5.41, 5.74) is 9.11. The molecular weight excluding hydrogens is 530 g/mol. The first-order valence-corrected chi connectivity index (χ1v) is 15.1. The minimum absolute atomic E-state index is 0.978.